The molecule has 0 bridgehead atoms. The van der Waals surface area contributed by atoms with Crippen LogP contribution < -0.4 is 0 Å². The maximum Gasteiger partial charge on any atom is 0.313 e. The average molecular weight is 240 g/mol. The second-order valence-corrected chi connectivity index (χ2v) is 5.30. The molecule has 1 heterocycles. The summed E-state index contributed by atoms with van der Waals surface area (Å²) in [5, 5.41) is 9.44. The van der Waals surface area contributed by atoms with Crippen LogP contribution in [0, 0.1) is 11.8 Å². The summed E-state index contributed by atoms with van der Waals surface area (Å²) in [5.74, 6) is 0.808. The van der Waals surface area contributed by atoms with Crippen LogP contribution in [0.25, 0.3) is 0 Å². The van der Waals surface area contributed by atoms with Crippen molar-refractivity contribution in [3.63, 3.8) is 0 Å². The van der Waals surface area contributed by atoms with Crippen LogP contribution in [0.1, 0.15) is 19.8 Å². The molecule has 16 heavy (non-hydrogen) atoms. The Morgan fingerprint density at radius 1 is 1.75 bits per heavy atom. The molecule has 0 radical (unpaired) electrons. The molecule has 1 aromatic rings. The fourth-order valence-electron chi connectivity index (χ4n) is 1.83. The molecule has 1 N–H and O–H groups in total. The van der Waals surface area contributed by atoms with Gasteiger partial charge in [-0.3, -0.25) is 4.79 Å². The molecule has 1 fully saturated rings. The minimum Gasteiger partial charge on any atom is -0.481 e. The lowest BCUT2D eigenvalue weighted by atomic mass is 10.1. The second-order valence-electron chi connectivity index (χ2n) is 4.36. The number of carboxylic acids is 1. The minimum atomic E-state index is -0.796. The first-order chi connectivity index (χ1) is 7.66. The highest BCUT2D eigenvalue weighted by Crippen LogP contribution is 2.37. The van der Waals surface area contributed by atoms with Gasteiger partial charge in [-0.05, 0) is 24.7 Å². The van der Waals surface area contributed by atoms with Crippen molar-refractivity contribution in [2.45, 2.75) is 31.5 Å². The zero-order chi connectivity index (χ0) is 11.5. The van der Waals surface area contributed by atoms with Crippen molar-refractivity contribution in [3.8, 4) is 0 Å². The van der Waals surface area contributed by atoms with E-state index in [2.05, 4.69) is 16.5 Å². The number of nitrogens with zero attached hydrogens (tertiary/aromatic N) is 2. The second kappa shape index (κ2) is 4.91. The summed E-state index contributed by atoms with van der Waals surface area (Å²) in [6.07, 6.45) is 6.35. The Labute approximate surface area is 99.1 Å². The molecule has 2 rings (SSSR count). The van der Waals surface area contributed by atoms with Crippen molar-refractivity contribution in [2.75, 3.05) is 5.75 Å². The van der Waals surface area contributed by atoms with Crippen molar-refractivity contribution in [1.29, 1.82) is 0 Å². The van der Waals surface area contributed by atoms with Crippen LogP contribution >= 0.6 is 11.8 Å². The molecule has 1 atom stereocenters. The van der Waals surface area contributed by atoms with Crippen LogP contribution in [0.15, 0.2) is 17.6 Å². The van der Waals surface area contributed by atoms with Crippen LogP contribution in [0.2, 0.25) is 0 Å². The zero-order valence-corrected chi connectivity index (χ0v) is 10.1. The quantitative estimate of drug-likeness (QED) is 0.774. The molecule has 1 aliphatic rings. The zero-order valence-electron chi connectivity index (χ0n) is 9.30. The topological polar surface area (TPSA) is 55.1 Å². The molecule has 5 heteroatoms. The smallest absolute Gasteiger partial charge is 0.313 e. The summed E-state index contributed by atoms with van der Waals surface area (Å²) in [6.45, 7) is 3.20. The molecular weight excluding hydrogens is 224 g/mol. The molecule has 88 valence electrons. The Balaban J connectivity index is 1.92. The maximum absolute atomic E-state index is 10.5. The lowest BCUT2D eigenvalue weighted by Gasteiger charge is -2.12. The van der Waals surface area contributed by atoms with E-state index in [1.165, 1.54) is 24.6 Å². The molecular formula is C11H16N2O2S. The Kier molecular flexibility index (Phi) is 3.53. The van der Waals surface area contributed by atoms with E-state index in [0.717, 1.165) is 17.6 Å². The van der Waals surface area contributed by atoms with Gasteiger partial charge in [-0.1, -0.05) is 18.7 Å². The molecule has 0 saturated heterocycles. The van der Waals surface area contributed by atoms with Gasteiger partial charge >= 0.3 is 5.97 Å². The predicted octanol–water partition coefficient (Wildman–Crippen LogP) is 2.11. The van der Waals surface area contributed by atoms with E-state index in [4.69, 9.17) is 5.11 Å². The number of hydrogen-bond acceptors (Lipinski definition) is 3. The monoisotopic (exact) mass is 240 g/mol. The van der Waals surface area contributed by atoms with Crippen LogP contribution in [0.3, 0.4) is 0 Å². The highest BCUT2D eigenvalue weighted by atomic mass is 32.2. The SMILES string of the molecule is CC(Cn1ccnc1SCC(=O)O)C1CC1. The van der Waals surface area contributed by atoms with E-state index in [1.54, 1.807) is 6.20 Å². The molecule has 4 nitrogen and oxygen atoms in total. The summed E-state index contributed by atoms with van der Waals surface area (Å²) in [5.41, 5.74) is 0. The van der Waals surface area contributed by atoms with Gasteiger partial charge in [0.25, 0.3) is 0 Å². The van der Waals surface area contributed by atoms with Gasteiger partial charge in [0.05, 0.1) is 5.75 Å². The number of aromatic nitrogens is 2. The number of aliphatic carboxylic acids is 1. The number of carboxylic acid groups (broad SMARTS) is 1. The van der Waals surface area contributed by atoms with Crippen molar-refractivity contribution in [2.24, 2.45) is 11.8 Å². The van der Waals surface area contributed by atoms with E-state index in [1.807, 2.05) is 6.20 Å². The van der Waals surface area contributed by atoms with E-state index >= 15 is 0 Å². The Morgan fingerprint density at radius 3 is 3.12 bits per heavy atom. The van der Waals surface area contributed by atoms with Crippen molar-refractivity contribution >= 4 is 17.7 Å². The van der Waals surface area contributed by atoms with Crippen LogP contribution in [-0.2, 0) is 11.3 Å². The lowest BCUT2D eigenvalue weighted by Crippen LogP contribution is -2.10. The lowest BCUT2D eigenvalue weighted by molar-refractivity contribution is -0.133. The first kappa shape index (κ1) is 11.5. The first-order valence-corrected chi connectivity index (χ1v) is 6.51. The summed E-state index contributed by atoms with van der Waals surface area (Å²) < 4.78 is 2.07. The van der Waals surface area contributed by atoms with Crippen molar-refractivity contribution < 1.29 is 9.90 Å². The van der Waals surface area contributed by atoms with Gasteiger partial charge in [-0.2, -0.15) is 0 Å². The Morgan fingerprint density at radius 2 is 2.50 bits per heavy atom. The van der Waals surface area contributed by atoms with Gasteiger partial charge in [0.1, 0.15) is 0 Å². The van der Waals surface area contributed by atoms with E-state index in [0.29, 0.717) is 5.92 Å². The van der Waals surface area contributed by atoms with Crippen LogP contribution in [0.5, 0.6) is 0 Å². The number of hydrogen-bond donors (Lipinski definition) is 1. The molecule has 0 aliphatic heterocycles. The molecule has 0 spiro atoms. The molecule has 1 aromatic heterocycles. The van der Waals surface area contributed by atoms with E-state index < -0.39 is 5.97 Å². The highest BCUT2D eigenvalue weighted by Gasteiger charge is 2.28. The normalized spacial score (nSPS) is 17.3. The van der Waals surface area contributed by atoms with Gasteiger partial charge in [0.15, 0.2) is 5.16 Å². The fraction of sp³-hybridized carbons (Fsp3) is 0.636. The minimum absolute atomic E-state index is 0.0782. The maximum atomic E-state index is 10.5. The van der Waals surface area contributed by atoms with E-state index in [-0.39, 0.29) is 5.75 Å². The summed E-state index contributed by atoms with van der Waals surface area (Å²) in [7, 11) is 0. The van der Waals surface area contributed by atoms with Crippen LogP contribution in [0.4, 0.5) is 0 Å². The third kappa shape index (κ3) is 3.01. The third-order valence-electron chi connectivity index (χ3n) is 2.91. The van der Waals surface area contributed by atoms with Gasteiger partial charge < -0.3 is 9.67 Å². The Hall–Kier alpha value is -0.970. The van der Waals surface area contributed by atoms with Gasteiger partial charge in [-0.25, -0.2) is 4.98 Å². The molecule has 1 aliphatic carbocycles. The number of thioether (sulfide) groups is 1. The molecule has 1 unspecified atom stereocenters. The summed E-state index contributed by atoms with van der Waals surface area (Å²) >= 11 is 1.29. The van der Waals surface area contributed by atoms with Gasteiger partial charge in [-0.15, -0.1) is 0 Å². The highest BCUT2D eigenvalue weighted by molar-refractivity contribution is 7.99. The average Bonchev–Trinajstić information content (AvgIpc) is 2.99. The molecule has 1 saturated carbocycles. The van der Waals surface area contributed by atoms with Gasteiger partial charge in [0.2, 0.25) is 0 Å². The molecule has 0 amide bonds. The van der Waals surface area contributed by atoms with Crippen molar-refractivity contribution in [1.82, 2.24) is 9.55 Å². The number of carbonyl (C=O) groups is 1. The number of rotatable bonds is 6. The fourth-order valence-corrected chi connectivity index (χ4v) is 2.51. The molecule has 0 aromatic carbocycles. The first-order valence-electron chi connectivity index (χ1n) is 5.52. The third-order valence-corrected chi connectivity index (χ3v) is 3.90. The summed E-state index contributed by atoms with van der Waals surface area (Å²) in [4.78, 5) is 14.7. The predicted molar refractivity (Wildman–Crippen MR) is 62.5 cm³/mol. The number of imidazole rings is 1. The largest absolute Gasteiger partial charge is 0.481 e. The van der Waals surface area contributed by atoms with Gasteiger partial charge in [0, 0.05) is 18.9 Å². The van der Waals surface area contributed by atoms with Crippen LogP contribution in [-0.4, -0.2) is 26.4 Å². The van der Waals surface area contributed by atoms with Crippen molar-refractivity contribution in [3.05, 3.63) is 12.4 Å². The Bertz CT molecular complexity index is 374. The summed E-state index contributed by atoms with van der Waals surface area (Å²) in [6, 6.07) is 0. The standard InChI is InChI=1S/C11H16N2O2S/c1-8(9-2-3-9)6-13-5-4-12-11(13)16-7-10(14)15/h4-5,8-9H,2-3,6-7H2,1H3,(H,14,15). The van der Waals surface area contributed by atoms with E-state index in [9.17, 15) is 4.79 Å².